The molecule has 0 radical (unpaired) electrons. The first-order valence-electron chi connectivity index (χ1n) is 3.78. The monoisotopic (exact) mass is 165 g/mol. The first-order chi connectivity index (χ1) is 5.88. The zero-order valence-electron chi connectivity index (χ0n) is 6.44. The van der Waals surface area contributed by atoms with Crippen LogP contribution in [0.25, 0.3) is 0 Å². The quantitative estimate of drug-likeness (QED) is 0.628. The lowest BCUT2D eigenvalue weighted by Crippen LogP contribution is -2.15. The van der Waals surface area contributed by atoms with Crippen LogP contribution >= 0.6 is 0 Å². The molecule has 12 heavy (non-hydrogen) atoms. The molecule has 3 nitrogen and oxygen atoms in total. The number of hydrogen-bond donors (Lipinski definition) is 0. The Balaban J connectivity index is 2.33. The highest BCUT2D eigenvalue weighted by molar-refractivity contribution is 5.42. The van der Waals surface area contributed by atoms with Crippen LogP contribution in [0.3, 0.4) is 0 Å². The summed E-state index contributed by atoms with van der Waals surface area (Å²) in [6.45, 7) is 0.787. The van der Waals surface area contributed by atoms with Crippen molar-refractivity contribution in [2.75, 3.05) is 11.4 Å². The van der Waals surface area contributed by atoms with Gasteiger partial charge in [0.2, 0.25) is 0 Å². The molecule has 0 saturated carbocycles. The standard InChI is InChI=1S/C8H8FN3/c9-7-8(11-4-3-10-7)12-5-1-2-6-12/h1,3-5H,2,6H2. The van der Waals surface area contributed by atoms with Gasteiger partial charge in [-0.25, -0.2) is 9.97 Å². The van der Waals surface area contributed by atoms with E-state index in [4.69, 9.17) is 0 Å². The molecule has 0 aromatic carbocycles. The second-order valence-electron chi connectivity index (χ2n) is 2.54. The Hall–Kier alpha value is -1.45. The molecule has 1 aromatic rings. The molecular formula is C8H8FN3. The normalized spacial score (nSPS) is 15.6. The number of rotatable bonds is 1. The highest BCUT2D eigenvalue weighted by atomic mass is 19.1. The Morgan fingerprint density at radius 3 is 2.83 bits per heavy atom. The van der Waals surface area contributed by atoms with Gasteiger partial charge in [-0.1, -0.05) is 6.08 Å². The van der Waals surface area contributed by atoms with Crippen molar-refractivity contribution in [1.82, 2.24) is 9.97 Å². The largest absolute Gasteiger partial charge is 0.329 e. The number of halogens is 1. The van der Waals surface area contributed by atoms with E-state index in [9.17, 15) is 4.39 Å². The van der Waals surface area contributed by atoms with Gasteiger partial charge in [-0.3, -0.25) is 0 Å². The maximum atomic E-state index is 13.0. The molecule has 0 fully saturated rings. The van der Waals surface area contributed by atoms with Gasteiger partial charge in [-0.15, -0.1) is 0 Å². The van der Waals surface area contributed by atoms with Gasteiger partial charge in [-0.2, -0.15) is 4.39 Å². The van der Waals surface area contributed by atoms with Crippen LogP contribution < -0.4 is 4.90 Å². The maximum Gasteiger partial charge on any atom is 0.256 e. The lowest BCUT2D eigenvalue weighted by molar-refractivity contribution is 0.575. The maximum absolute atomic E-state index is 13.0. The molecule has 0 atom stereocenters. The molecule has 2 rings (SSSR count). The molecule has 0 amide bonds. The van der Waals surface area contributed by atoms with Crippen molar-refractivity contribution < 1.29 is 4.39 Å². The van der Waals surface area contributed by atoms with Gasteiger partial charge < -0.3 is 4.90 Å². The summed E-state index contributed by atoms with van der Waals surface area (Å²) in [6, 6.07) is 0. The smallest absolute Gasteiger partial charge is 0.256 e. The van der Waals surface area contributed by atoms with Crippen molar-refractivity contribution in [3.05, 3.63) is 30.6 Å². The van der Waals surface area contributed by atoms with Gasteiger partial charge in [0.15, 0.2) is 5.82 Å². The van der Waals surface area contributed by atoms with Crippen LogP contribution in [0.1, 0.15) is 6.42 Å². The molecule has 0 aliphatic carbocycles. The number of anilines is 1. The van der Waals surface area contributed by atoms with Gasteiger partial charge in [0.25, 0.3) is 5.95 Å². The number of hydrogen-bond acceptors (Lipinski definition) is 3. The fourth-order valence-electron chi connectivity index (χ4n) is 1.17. The summed E-state index contributed by atoms with van der Waals surface area (Å²) in [5.41, 5.74) is 0. The Labute approximate surface area is 69.6 Å². The Kier molecular flexibility index (Phi) is 1.74. The SMILES string of the molecule is Fc1nccnc1N1C=CCC1. The summed E-state index contributed by atoms with van der Waals surface area (Å²) >= 11 is 0. The number of aromatic nitrogens is 2. The van der Waals surface area contributed by atoms with Crippen molar-refractivity contribution >= 4 is 5.82 Å². The van der Waals surface area contributed by atoms with Crippen LogP contribution in [0, 0.1) is 5.95 Å². The minimum atomic E-state index is -0.510. The zero-order chi connectivity index (χ0) is 8.39. The van der Waals surface area contributed by atoms with Crippen LogP contribution in [0.5, 0.6) is 0 Å². The van der Waals surface area contributed by atoms with E-state index < -0.39 is 5.95 Å². The molecule has 0 spiro atoms. The Morgan fingerprint density at radius 2 is 2.17 bits per heavy atom. The molecule has 0 saturated heterocycles. The van der Waals surface area contributed by atoms with Crippen LogP contribution in [0.2, 0.25) is 0 Å². The molecule has 0 bridgehead atoms. The summed E-state index contributed by atoms with van der Waals surface area (Å²) in [5.74, 6) is -0.199. The van der Waals surface area contributed by atoms with Crippen molar-refractivity contribution in [2.24, 2.45) is 0 Å². The third-order valence-corrected chi connectivity index (χ3v) is 1.73. The van der Waals surface area contributed by atoms with Gasteiger partial charge in [0.05, 0.1) is 0 Å². The molecule has 2 heterocycles. The Morgan fingerprint density at radius 1 is 1.33 bits per heavy atom. The van der Waals surface area contributed by atoms with Crippen LogP contribution in [0.15, 0.2) is 24.7 Å². The molecule has 1 aliphatic heterocycles. The predicted molar refractivity (Wildman–Crippen MR) is 43.1 cm³/mol. The number of nitrogens with zero attached hydrogens (tertiary/aromatic N) is 3. The van der Waals surface area contributed by atoms with Crippen molar-refractivity contribution in [2.45, 2.75) is 6.42 Å². The molecular weight excluding hydrogens is 157 g/mol. The molecule has 1 aliphatic rings. The summed E-state index contributed by atoms with van der Waals surface area (Å²) in [6.07, 6.45) is 7.58. The first kappa shape index (κ1) is 7.21. The fourth-order valence-corrected chi connectivity index (χ4v) is 1.17. The highest BCUT2D eigenvalue weighted by Gasteiger charge is 2.12. The van der Waals surface area contributed by atoms with E-state index in [1.165, 1.54) is 12.4 Å². The minimum Gasteiger partial charge on any atom is -0.329 e. The third kappa shape index (κ3) is 1.15. The highest BCUT2D eigenvalue weighted by Crippen LogP contribution is 2.17. The van der Waals surface area contributed by atoms with E-state index in [2.05, 4.69) is 9.97 Å². The summed E-state index contributed by atoms with van der Waals surface area (Å²) in [5, 5.41) is 0. The van der Waals surface area contributed by atoms with Gasteiger partial charge in [0.1, 0.15) is 0 Å². The average Bonchev–Trinajstić information content (AvgIpc) is 2.57. The van der Waals surface area contributed by atoms with Gasteiger partial charge in [0, 0.05) is 25.1 Å². The lowest BCUT2D eigenvalue weighted by atomic mass is 10.5. The van der Waals surface area contributed by atoms with Crippen molar-refractivity contribution in [3.63, 3.8) is 0 Å². The van der Waals surface area contributed by atoms with E-state index in [1.807, 2.05) is 12.3 Å². The predicted octanol–water partition coefficient (Wildman–Crippen LogP) is 1.34. The van der Waals surface area contributed by atoms with Crippen LogP contribution in [0.4, 0.5) is 10.2 Å². The third-order valence-electron chi connectivity index (χ3n) is 1.73. The van der Waals surface area contributed by atoms with E-state index >= 15 is 0 Å². The Bertz CT molecular complexity index is 311. The lowest BCUT2D eigenvalue weighted by Gasteiger charge is -2.13. The summed E-state index contributed by atoms with van der Waals surface area (Å²) < 4.78 is 13.0. The summed E-state index contributed by atoms with van der Waals surface area (Å²) in [7, 11) is 0. The van der Waals surface area contributed by atoms with Crippen molar-refractivity contribution in [1.29, 1.82) is 0 Å². The fraction of sp³-hybridized carbons (Fsp3) is 0.250. The summed E-state index contributed by atoms with van der Waals surface area (Å²) in [4.78, 5) is 9.17. The van der Waals surface area contributed by atoms with E-state index in [-0.39, 0.29) is 0 Å². The van der Waals surface area contributed by atoms with E-state index in [0.29, 0.717) is 5.82 Å². The van der Waals surface area contributed by atoms with E-state index in [1.54, 1.807) is 4.90 Å². The molecule has 0 unspecified atom stereocenters. The van der Waals surface area contributed by atoms with E-state index in [0.717, 1.165) is 13.0 Å². The zero-order valence-corrected chi connectivity index (χ0v) is 6.44. The molecule has 62 valence electrons. The second-order valence-corrected chi connectivity index (χ2v) is 2.54. The molecule has 4 heteroatoms. The van der Waals surface area contributed by atoms with Gasteiger partial charge >= 0.3 is 0 Å². The molecule has 0 N–H and O–H groups in total. The minimum absolute atomic E-state index is 0.311. The first-order valence-corrected chi connectivity index (χ1v) is 3.78. The van der Waals surface area contributed by atoms with Gasteiger partial charge in [-0.05, 0) is 6.42 Å². The van der Waals surface area contributed by atoms with Crippen LogP contribution in [-0.4, -0.2) is 16.5 Å². The topological polar surface area (TPSA) is 29.0 Å². The molecule has 1 aromatic heterocycles. The second kappa shape index (κ2) is 2.89. The van der Waals surface area contributed by atoms with Crippen molar-refractivity contribution in [3.8, 4) is 0 Å². The van der Waals surface area contributed by atoms with Crippen LogP contribution in [-0.2, 0) is 0 Å². The average molecular weight is 165 g/mol.